The van der Waals surface area contributed by atoms with E-state index in [1.807, 2.05) is 45.3 Å². The van der Waals surface area contributed by atoms with Crippen molar-refractivity contribution in [3.63, 3.8) is 0 Å². The predicted molar refractivity (Wildman–Crippen MR) is 70.5 cm³/mol. The normalized spacial score (nSPS) is 10.7. The number of ether oxygens (including phenoxy) is 1. The third-order valence-corrected chi connectivity index (χ3v) is 2.34. The Kier molecular flexibility index (Phi) is 3.82. The molecule has 5 nitrogen and oxygen atoms in total. The van der Waals surface area contributed by atoms with Crippen molar-refractivity contribution >= 4 is 5.82 Å². The molecule has 0 unspecified atom stereocenters. The second kappa shape index (κ2) is 5.53. The molecule has 2 aromatic rings. The van der Waals surface area contributed by atoms with Crippen molar-refractivity contribution in [1.82, 2.24) is 14.8 Å². The van der Waals surface area contributed by atoms with Crippen molar-refractivity contribution < 1.29 is 4.74 Å². The summed E-state index contributed by atoms with van der Waals surface area (Å²) in [6.45, 7) is 4.62. The Hall–Kier alpha value is -2.04. The van der Waals surface area contributed by atoms with E-state index < -0.39 is 0 Å². The third kappa shape index (κ3) is 3.23. The lowest BCUT2D eigenvalue weighted by atomic mass is 10.3. The monoisotopic (exact) mass is 246 g/mol. The number of hydrogen-bond acceptors (Lipinski definition) is 4. The lowest BCUT2D eigenvalue weighted by Gasteiger charge is -2.13. The minimum Gasteiger partial charge on any atom is -0.487 e. The van der Waals surface area contributed by atoms with E-state index in [1.54, 1.807) is 10.9 Å². The van der Waals surface area contributed by atoms with Crippen LogP contribution < -0.4 is 10.1 Å². The van der Waals surface area contributed by atoms with Gasteiger partial charge in [0.05, 0.1) is 18.3 Å². The molecule has 0 aromatic carbocycles. The van der Waals surface area contributed by atoms with E-state index >= 15 is 0 Å². The number of nitrogens with zero attached hydrogens (tertiary/aromatic N) is 3. The van der Waals surface area contributed by atoms with Gasteiger partial charge in [0.15, 0.2) is 11.6 Å². The summed E-state index contributed by atoms with van der Waals surface area (Å²) in [5, 5.41) is 7.54. The average molecular weight is 246 g/mol. The number of anilines is 1. The molecule has 0 fully saturated rings. The van der Waals surface area contributed by atoms with Crippen LogP contribution >= 0.6 is 0 Å². The van der Waals surface area contributed by atoms with Gasteiger partial charge in [0.25, 0.3) is 0 Å². The lowest BCUT2D eigenvalue weighted by Crippen LogP contribution is -2.10. The molecule has 0 bridgehead atoms. The molecule has 0 saturated carbocycles. The standard InChI is InChI=1S/C13H18N4O/c1-10(2)18-12-5-4-7-14-13(12)15-9-11-6-8-17(3)16-11/h4-8,10H,9H2,1-3H3,(H,14,15). The maximum Gasteiger partial charge on any atom is 0.169 e. The van der Waals surface area contributed by atoms with E-state index in [1.165, 1.54) is 0 Å². The van der Waals surface area contributed by atoms with Crippen LogP contribution in [0.4, 0.5) is 5.82 Å². The number of hydrogen-bond donors (Lipinski definition) is 1. The molecule has 0 aliphatic rings. The molecule has 18 heavy (non-hydrogen) atoms. The van der Waals surface area contributed by atoms with Crippen LogP contribution in [-0.2, 0) is 13.6 Å². The van der Waals surface area contributed by atoms with Gasteiger partial charge < -0.3 is 10.1 Å². The van der Waals surface area contributed by atoms with Crippen LogP contribution in [0.25, 0.3) is 0 Å². The number of pyridine rings is 1. The zero-order valence-corrected chi connectivity index (χ0v) is 10.9. The molecule has 0 radical (unpaired) electrons. The first-order valence-electron chi connectivity index (χ1n) is 5.99. The van der Waals surface area contributed by atoms with Gasteiger partial charge in [0, 0.05) is 19.4 Å². The Bertz CT molecular complexity index is 507. The topological polar surface area (TPSA) is 52.0 Å². The quantitative estimate of drug-likeness (QED) is 0.878. The highest BCUT2D eigenvalue weighted by atomic mass is 16.5. The first kappa shape index (κ1) is 12.4. The molecule has 96 valence electrons. The highest BCUT2D eigenvalue weighted by Gasteiger charge is 2.06. The smallest absolute Gasteiger partial charge is 0.169 e. The summed E-state index contributed by atoms with van der Waals surface area (Å²) in [5.41, 5.74) is 0.971. The summed E-state index contributed by atoms with van der Waals surface area (Å²) in [5.74, 6) is 1.51. The van der Waals surface area contributed by atoms with Crippen LogP contribution in [0.3, 0.4) is 0 Å². The fraction of sp³-hybridized carbons (Fsp3) is 0.385. The summed E-state index contributed by atoms with van der Waals surface area (Å²) in [6, 6.07) is 5.75. The van der Waals surface area contributed by atoms with Gasteiger partial charge in [0.2, 0.25) is 0 Å². The van der Waals surface area contributed by atoms with Gasteiger partial charge in [-0.15, -0.1) is 0 Å². The molecule has 5 heteroatoms. The number of rotatable bonds is 5. The van der Waals surface area contributed by atoms with Crippen molar-refractivity contribution in [2.45, 2.75) is 26.5 Å². The highest BCUT2D eigenvalue weighted by Crippen LogP contribution is 2.22. The van der Waals surface area contributed by atoms with E-state index in [4.69, 9.17) is 4.74 Å². The highest BCUT2D eigenvalue weighted by molar-refractivity contribution is 5.49. The van der Waals surface area contributed by atoms with Gasteiger partial charge in [-0.05, 0) is 32.0 Å². The maximum absolute atomic E-state index is 5.69. The Morgan fingerprint density at radius 2 is 2.22 bits per heavy atom. The van der Waals surface area contributed by atoms with Gasteiger partial charge in [-0.25, -0.2) is 4.98 Å². The molecule has 2 heterocycles. The molecule has 0 aliphatic carbocycles. The Morgan fingerprint density at radius 3 is 2.89 bits per heavy atom. The first-order valence-corrected chi connectivity index (χ1v) is 5.99. The van der Waals surface area contributed by atoms with Crippen molar-refractivity contribution in [2.75, 3.05) is 5.32 Å². The Labute approximate surface area is 107 Å². The third-order valence-electron chi connectivity index (χ3n) is 2.34. The SMILES string of the molecule is CC(C)Oc1cccnc1NCc1ccn(C)n1. The molecular formula is C13H18N4O. The zero-order chi connectivity index (χ0) is 13.0. The van der Waals surface area contributed by atoms with E-state index in [2.05, 4.69) is 15.4 Å². The van der Waals surface area contributed by atoms with E-state index in [0.29, 0.717) is 6.54 Å². The van der Waals surface area contributed by atoms with Crippen LogP contribution in [0.1, 0.15) is 19.5 Å². The fourth-order valence-electron chi connectivity index (χ4n) is 1.60. The molecule has 0 atom stereocenters. The molecule has 0 amide bonds. The van der Waals surface area contributed by atoms with Crippen molar-refractivity contribution in [3.05, 3.63) is 36.3 Å². The number of aryl methyl sites for hydroxylation is 1. The van der Waals surface area contributed by atoms with Crippen LogP contribution in [0.2, 0.25) is 0 Å². The van der Waals surface area contributed by atoms with Crippen LogP contribution in [0, 0.1) is 0 Å². The van der Waals surface area contributed by atoms with Crippen LogP contribution in [0.5, 0.6) is 5.75 Å². The van der Waals surface area contributed by atoms with E-state index in [9.17, 15) is 0 Å². The summed E-state index contributed by atoms with van der Waals surface area (Å²) >= 11 is 0. The maximum atomic E-state index is 5.69. The number of nitrogens with one attached hydrogen (secondary N) is 1. The van der Waals surface area contributed by atoms with E-state index in [-0.39, 0.29) is 6.10 Å². The van der Waals surface area contributed by atoms with Gasteiger partial charge in [-0.1, -0.05) is 0 Å². The van der Waals surface area contributed by atoms with Crippen molar-refractivity contribution in [3.8, 4) is 5.75 Å². The van der Waals surface area contributed by atoms with Crippen LogP contribution in [-0.4, -0.2) is 20.9 Å². The fourth-order valence-corrected chi connectivity index (χ4v) is 1.60. The lowest BCUT2D eigenvalue weighted by molar-refractivity contribution is 0.243. The second-order valence-electron chi connectivity index (χ2n) is 4.35. The minimum atomic E-state index is 0.129. The molecule has 2 aromatic heterocycles. The summed E-state index contributed by atoms with van der Waals surface area (Å²) in [6.07, 6.45) is 3.79. The molecule has 0 spiro atoms. The number of aromatic nitrogens is 3. The van der Waals surface area contributed by atoms with Crippen molar-refractivity contribution in [2.24, 2.45) is 7.05 Å². The van der Waals surface area contributed by atoms with E-state index in [0.717, 1.165) is 17.3 Å². The minimum absolute atomic E-state index is 0.129. The molecule has 0 saturated heterocycles. The second-order valence-corrected chi connectivity index (χ2v) is 4.35. The molecular weight excluding hydrogens is 228 g/mol. The summed E-state index contributed by atoms with van der Waals surface area (Å²) in [4.78, 5) is 4.28. The van der Waals surface area contributed by atoms with Crippen LogP contribution in [0.15, 0.2) is 30.6 Å². The van der Waals surface area contributed by atoms with Gasteiger partial charge in [0.1, 0.15) is 0 Å². The average Bonchev–Trinajstić information content (AvgIpc) is 2.73. The zero-order valence-electron chi connectivity index (χ0n) is 10.9. The van der Waals surface area contributed by atoms with Gasteiger partial charge >= 0.3 is 0 Å². The Balaban J connectivity index is 2.04. The predicted octanol–water partition coefficient (Wildman–Crippen LogP) is 2.21. The summed E-state index contributed by atoms with van der Waals surface area (Å²) in [7, 11) is 1.90. The van der Waals surface area contributed by atoms with Gasteiger partial charge in [-0.3, -0.25) is 4.68 Å². The largest absolute Gasteiger partial charge is 0.487 e. The molecule has 1 N–H and O–H groups in total. The summed E-state index contributed by atoms with van der Waals surface area (Å²) < 4.78 is 7.47. The van der Waals surface area contributed by atoms with Crippen molar-refractivity contribution in [1.29, 1.82) is 0 Å². The van der Waals surface area contributed by atoms with Gasteiger partial charge in [-0.2, -0.15) is 5.10 Å². The first-order chi connectivity index (χ1) is 8.65. The molecule has 0 aliphatic heterocycles. The molecule has 2 rings (SSSR count). The Morgan fingerprint density at radius 1 is 1.39 bits per heavy atom.